The summed E-state index contributed by atoms with van der Waals surface area (Å²) in [5.74, 6) is 0.0315. The van der Waals surface area contributed by atoms with Gasteiger partial charge in [-0.3, -0.25) is 4.79 Å². The molecule has 1 atom stereocenters. The number of nitrogens with two attached hydrogens (primary N) is 1. The van der Waals surface area contributed by atoms with Gasteiger partial charge in [-0.05, 0) is 57.0 Å². The number of rotatable bonds is 6. The Kier molecular flexibility index (Phi) is 5.88. The van der Waals surface area contributed by atoms with Crippen LogP contribution in [0.15, 0.2) is 18.2 Å². The number of nitrogens with zero attached hydrogens (tertiary/aromatic N) is 1. The van der Waals surface area contributed by atoms with Gasteiger partial charge in [0.2, 0.25) is 5.91 Å². The molecule has 0 aliphatic carbocycles. The average Bonchev–Trinajstić information content (AvgIpc) is 2.90. The summed E-state index contributed by atoms with van der Waals surface area (Å²) >= 11 is 5.86. The van der Waals surface area contributed by atoms with Crippen molar-refractivity contribution in [1.82, 2.24) is 4.90 Å². The van der Waals surface area contributed by atoms with Gasteiger partial charge in [0, 0.05) is 18.2 Å². The highest BCUT2D eigenvalue weighted by atomic mass is 35.5. The molecule has 1 aromatic carbocycles. The van der Waals surface area contributed by atoms with E-state index < -0.39 is 0 Å². The summed E-state index contributed by atoms with van der Waals surface area (Å²) in [5.41, 5.74) is 6.91. The molecule has 1 fully saturated rings. The lowest BCUT2D eigenvalue weighted by molar-refractivity contribution is -0.116. The first-order valence-electron chi connectivity index (χ1n) is 7.69. The first-order valence-corrected chi connectivity index (χ1v) is 8.07. The van der Waals surface area contributed by atoms with Crippen molar-refractivity contribution < 1.29 is 4.79 Å². The lowest BCUT2D eigenvalue weighted by atomic mass is 10.1. The van der Waals surface area contributed by atoms with Crippen LogP contribution in [0.1, 0.15) is 39.0 Å². The molecule has 1 aromatic rings. The zero-order valence-corrected chi connectivity index (χ0v) is 13.3. The standard InChI is InChI=1S/C16H24ClN3O/c1-2-13-5-3-9-20(13)10-4-6-16(21)19-12-7-8-14(17)15(18)11-12/h7-8,11,13H,2-6,9-10,18H2,1H3,(H,19,21). The Morgan fingerprint density at radius 2 is 2.33 bits per heavy atom. The van der Waals surface area contributed by atoms with Gasteiger partial charge in [0.15, 0.2) is 0 Å². The molecule has 1 unspecified atom stereocenters. The van der Waals surface area contributed by atoms with Crippen molar-refractivity contribution in [3.05, 3.63) is 23.2 Å². The van der Waals surface area contributed by atoms with Crippen LogP contribution in [0, 0.1) is 0 Å². The van der Waals surface area contributed by atoms with E-state index in [1.807, 2.05) is 0 Å². The van der Waals surface area contributed by atoms with Crippen molar-refractivity contribution in [1.29, 1.82) is 0 Å². The Balaban J connectivity index is 1.73. The minimum atomic E-state index is 0.0315. The van der Waals surface area contributed by atoms with Gasteiger partial charge in [-0.2, -0.15) is 0 Å². The van der Waals surface area contributed by atoms with Gasteiger partial charge in [0.1, 0.15) is 0 Å². The molecule has 2 rings (SSSR count). The maximum atomic E-state index is 11.9. The summed E-state index contributed by atoms with van der Waals surface area (Å²) in [7, 11) is 0. The summed E-state index contributed by atoms with van der Waals surface area (Å²) in [5, 5.41) is 3.37. The third-order valence-corrected chi connectivity index (χ3v) is 4.44. The molecular formula is C16H24ClN3O. The van der Waals surface area contributed by atoms with Crippen LogP contribution in [0.2, 0.25) is 5.02 Å². The smallest absolute Gasteiger partial charge is 0.224 e. The van der Waals surface area contributed by atoms with Gasteiger partial charge in [-0.25, -0.2) is 0 Å². The predicted octanol–water partition coefficient (Wildman–Crippen LogP) is 3.52. The van der Waals surface area contributed by atoms with Crippen molar-refractivity contribution >= 4 is 28.9 Å². The fourth-order valence-electron chi connectivity index (χ4n) is 2.94. The number of carbonyl (C=O) groups is 1. The maximum Gasteiger partial charge on any atom is 0.224 e. The molecule has 0 bridgehead atoms. The number of nitrogens with one attached hydrogen (secondary N) is 1. The summed E-state index contributed by atoms with van der Waals surface area (Å²) in [6.45, 7) is 4.42. The Morgan fingerprint density at radius 1 is 1.52 bits per heavy atom. The number of anilines is 2. The Hall–Kier alpha value is -1.26. The van der Waals surface area contributed by atoms with Crippen molar-refractivity contribution in [3.8, 4) is 0 Å². The molecule has 116 valence electrons. The van der Waals surface area contributed by atoms with E-state index in [4.69, 9.17) is 17.3 Å². The van der Waals surface area contributed by atoms with E-state index in [1.54, 1.807) is 18.2 Å². The van der Waals surface area contributed by atoms with Crippen LogP contribution in [-0.4, -0.2) is 29.9 Å². The predicted molar refractivity (Wildman–Crippen MR) is 88.6 cm³/mol. The number of hydrogen-bond donors (Lipinski definition) is 2. The van der Waals surface area contributed by atoms with Gasteiger partial charge in [0.25, 0.3) is 0 Å². The molecule has 21 heavy (non-hydrogen) atoms. The summed E-state index contributed by atoms with van der Waals surface area (Å²) < 4.78 is 0. The number of nitrogen functional groups attached to an aromatic ring is 1. The number of carbonyl (C=O) groups excluding carboxylic acids is 1. The van der Waals surface area contributed by atoms with Crippen LogP contribution < -0.4 is 11.1 Å². The molecule has 1 saturated heterocycles. The second-order valence-corrected chi connectivity index (χ2v) is 6.04. The molecule has 1 amide bonds. The van der Waals surface area contributed by atoms with E-state index in [-0.39, 0.29) is 5.91 Å². The first kappa shape index (κ1) is 16.1. The largest absolute Gasteiger partial charge is 0.397 e. The normalized spacial score (nSPS) is 18.9. The third-order valence-electron chi connectivity index (χ3n) is 4.10. The van der Waals surface area contributed by atoms with Crippen molar-refractivity contribution in [3.63, 3.8) is 0 Å². The molecule has 1 heterocycles. The van der Waals surface area contributed by atoms with Crippen molar-refractivity contribution in [2.75, 3.05) is 24.1 Å². The van der Waals surface area contributed by atoms with Crippen LogP contribution in [0.5, 0.6) is 0 Å². The van der Waals surface area contributed by atoms with Gasteiger partial charge >= 0.3 is 0 Å². The van der Waals surface area contributed by atoms with Gasteiger partial charge in [-0.1, -0.05) is 18.5 Å². The zero-order valence-electron chi connectivity index (χ0n) is 12.6. The van der Waals surface area contributed by atoms with Gasteiger partial charge in [0.05, 0.1) is 10.7 Å². The second-order valence-electron chi connectivity index (χ2n) is 5.63. The monoisotopic (exact) mass is 309 g/mol. The maximum absolute atomic E-state index is 11.9. The minimum absolute atomic E-state index is 0.0315. The third kappa shape index (κ3) is 4.61. The van der Waals surface area contributed by atoms with E-state index in [0.717, 1.165) is 13.0 Å². The lowest BCUT2D eigenvalue weighted by Crippen LogP contribution is -2.30. The minimum Gasteiger partial charge on any atom is -0.397 e. The van der Waals surface area contributed by atoms with Gasteiger partial charge < -0.3 is 16.0 Å². The van der Waals surface area contributed by atoms with E-state index >= 15 is 0 Å². The fourth-order valence-corrected chi connectivity index (χ4v) is 3.06. The van der Waals surface area contributed by atoms with E-state index in [9.17, 15) is 4.79 Å². The molecule has 0 saturated carbocycles. The quantitative estimate of drug-likeness (QED) is 0.791. The van der Waals surface area contributed by atoms with Crippen LogP contribution in [0.25, 0.3) is 0 Å². The molecule has 1 aliphatic heterocycles. The molecular weight excluding hydrogens is 286 g/mol. The Bertz CT molecular complexity index is 492. The average molecular weight is 310 g/mol. The topological polar surface area (TPSA) is 58.4 Å². The Labute approximate surface area is 131 Å². The highest BCUT2D eigenvalue weighted by Gasteiger charge is 2.22. The van der Waals surface area contributed by atoms with Gasteiger partial charge in [-0.15, -0.1) is 0 Å². The SMILES string of the molecule is CCC1CCCN1CCCC(=O)Nc1ccc(Cl)c(N)c1. The molecule has 1 aliphatic rings. The molecule has 0 spiro atoms. The van der Waals surface area contributed by atoms with Crippen molar-refractivity contribution in [2.45, 2.75) is 45.1 Å². The number of amides is 1. The second kappa shape index (κ2) is 7.66. The highest BCUT2D eigenvalue weighted by molar-refractivity contribution is 6.33. The fraction of sp³-hybridized carbons (Fsp3) is 0.562. The van der Waals surface area contributed by atoms with Crippen molar-refractivity contribution in [2.24, 2.45) is 0 Å². The highest BCUT2D eigenvalue weighted by Crippen LogP contribution is 2.23. The number of halogens is 1. The molecule has 5 heteroatoms. The zero-order chi connectivity index (χ0) is 15.2. The van der Waals surface area contributed by atoms with Crippen LogP contribution >= 0.6 is 11.6 Å². The number of benzene rings is 1. The lowest BCUT2D eigenvalue weighted by Gasteiger charge is -2.22. The van der Waals surface area contributed by atoms with Crippen LogP contribution in [0.4, 0.5) is 11.4 Å². The van der Waals surface area contributed by atoms with Crippen LogP contribution in [0.3, 0.4) is 0 Å². The summed E-state index contributed by atoms with van der Waals surface area (Å²) in [6, 6.07) is 5.87. The molecule has 4 nitrogen and oxygen atoms in total. The number of hydrogen-bond acceptors (Lipinski definition) is 3. The molecule has 0 radical (unpaired) electrons. The van der Waals surface area contributed by atoms with Crippen LogP contribution in [-0.2, 0) is 4.79 Å². The summed E-state index contributed by atoms with van der Waals surface area (Å²) in [4.78, 5) is 14.4. The van der Waals surface area contributed by atoms with E-state index in [1.165, 1.54) is 25.8 Å². The first-order chi connectivity index (χ1) is 10.1. The number of likely N-dealkylation sites (tertiary alicyclic amines) is 1. The molecule has 3 N–H and O–H groups in total. The molecule has 0 aromatic heterocycles. The Morgan fingerprint density at radius 3 is 3.05 bits per heavy atom. The van der Waals surface area contributed by atoms with E-state index in [2.05, 4.69) is 17.1 Å². The van der Waals surface area contributed by atoms with E-state index in [0.29, 0.717) is 28.9 Å². The summed E-state index contributed by atoms with van der Waals surface area (Å²) in [6.07, 6.45) is 5.22.